The number of hydrogen-bond donors (Lipinski definition) is 1. The number of carbonyl (C=O) groups excluding carboxylic acids is 1. The molecule has 1 N–H and O–H groups in total. The van der Waals surface area contributed by atoms with Crippen molar-refractivity contribution in [3.8, 4) is 0 Å². The standard InChI is InChI=1S/C20H32N2O5S/c1-15-6-8-18(9-7-15)28(24,25)26-14-16(2)17-10-12-22(13-11-17)21-19(23)27-20(3,4)5/h6-9,16-17H,10-14H2,1-5H3,(H,21,23)/t16-/m0/s1. The molecule has 0 aliphatic carbocycles. The highest BCUT2D eigenvalue weighted by Gasteiger charge is 2.27. The second-order valence-corrected chi connectivity index (χ2v) is 10.1. The van der Waals surface area contributed by atoms with Crippen LogP contribution in [0.15, 0.2) is 29.2 Å². The largest absolute Gasteiger partial charge is 0.443 e. The zero-order chi connectivity index (χ0) is 20.9. The molecule has 1 saturated heterocycles. The Morgan fingerprint density at radius 2 is 1.79 bits per heavy atom. The number of benzene rings is 1. The fourth-order valence-electron chi connectivity index (χ4n) is 3.12. The molecular formula is C20H32N2O5S. The van der Waals surface area contributed by atoms with Gasteiger partial charge in [0.15, 0.2) is 0 Å². The van der Waals surface area contributed by atoms with Crippen LogP contribution >= 0.6 is 0 Å². The van der Waals surface area contributed by atoms with Crippen molar-refractivity contribution in [3.05, 3.63) is 29.8 Å². The summed E-state index contributed by atoms with van der Waals surface area (Å²) in [5, 5.41) is 1.85. The second kappa shape index (κ2) is 9.24. The Labute approximate surface area is 168 Å². The Bertz CT molecular complexity index is 748. The maximum Gasteiger partial charge on any atom is 0.422 e. The van der Waals surface area contributed by atoms with Crippen molar-refractivity contribution in [1.29, 1.82) is 0 Å². The molecule has 0 bridgehead atoms. The van der Waals surface area contributed by atoms with E-state index in [1.807, 2.05) is 39.6 Å². The van der Waals surface area contributed by atoms with E-state index in [1.165, 1.54) is 0 Å². The minimum atomic E-state index is -3.74. The van der Waals surface area contributed by atoms with Crippen LogP contribution < -0.4 is 5.43 Å². The third-order valence-electron chi connectivity index (χ3n) is 4.79. The number of rotatable bonds is 6. The number of aryl methyl sites for hydroxylation is 1. The van der Waals surface area contributed by atoms with Crippen molar-refractivity contribution in [2.45, 2.75) is 58.0 Å². The third-order valence-corrected chi connectivity index (χ3v) is 6.08. The number of piperidine rings is 1. The number of nitrogens with zero attached hydrogens (tertiary/aromatic N) is 1. The molecule has 0 aromatic heterocycles. The molecule has 1 aliphatic rings. The van der Waals surface area contributed by atoms with Gasteiger partial charge in [0.2, 0.25) is 0 Å². The summed E-state index contributed by atoms with van der Waals surface area (Å²) in [6.45, 7) is 10.9. The first kappa shape index (κ1) is 22.6. The van der Waals surface area contributed by atoms with Gasteiger partial charge in [-0.1, -0.05) is 24.6 Å². The first-order valence-electron chi connectivity index (χ1n) is 9.67. The predicted octanol–water partition coefficient (Wildman–Crippen LogP) is 3.49. The van der Waals surface area contributed by atoms with Gasteiger partial charge < -0.3 is 4.74 Å². The fourth-order valence-corrected chi connectivity index (χ4v) is 4.12. The van der Waals surface area contributed by atoms with E-state index in [4.69, 9.17) is 8.92 Å². The summed E-state index contributed by atoms with van der Waals surface area (Å²) in [5.74, 6) is 0.439. The number of hydrogen-bond acceptors (Lipinski definition) is 6. The average molecular weight is 413 g/mol. The summed E-state index contributed by atoms with van der Waals surface area (Å²) in [4.78, 5) is 12.0. The number of amides is 1. The van der Waals surface area contributed by atoms with Crippen molar-refractivity contribution in [2.75, 3.05) is 19.7 Å². The smallest absolute Gasteiger partial charge is 0.422 e. The van der Waals surface area contributed by atoms with E-state index in [-0.39, 0.29) is 17.4 Å². The predicted molar refractivity (Wildman–Crippen MR) is 107 cm³/mol. The lowest BCUT2D eigenvalue weighted by Crippen LogP contribution is -2.49. The molecule has 28 heavy (non-hydrogen) atoms. The minimum Gasteiger partial charge on any atom is -0.443 e. The Morgan fingerprint density at radius 1 is 1.21 bits per heavy atom. The van der Waals surface area contributed by atoms with Crippen molar-refractivity contribution < 1.29 is 22.1 Å². The number of carbonyl (C=O) groups is 1. The lowest BCUT2D eigenvalue weighted by molar-refractivity contribution is 0.0227. The summed E-state index contributed by atoms with van der Waals surface area (Å²) in [6, 6.07) is 6.65. The molecule has 8 heteroatoms. The topological polar surface area (TPSA) is 84.9 Å². The van der Waals surface area contributed by atoms with E-state index in [0.29, 0.717) is 19.0 Å². The van der Waals surface area contributed by atoms with Crippen LogP contribution in [0.2, 0.25) is 0 Å². The molecular weight excluding hydrogens is 380 g/mol. The normalized spacial score (nSPS) is 17.9. The Balaban J connectivity index is 1.78. The SMILES string of the molecule is Cc1ccc(S(=O)(=O)OC[C@H](C)C2CCN(NC(=O)OC(C)(C)C)CC2)cc1. The van der Waals surface area contributed by atoms with Crippen molar-refractivity contribution >= 4 is 16.2 Å². The van der Waals surface area contributed by atoms with Crippen molar-refractivity contribution in [3.63, 3.8) is 0 Å². The molecule has 0 unspecified atom stereocenters. The molecule has 1 fully saturated rings. The lowest BCUT2D eigenvalue weighted by atomic mass is 9.86. The van der Waals surface area contributed by atoms with Crippen LogP contribution in [0.1, 0.15) is 46.1 Å². The maximum atomic E-state index is 12.3. The third kappa shape index (κ3) is 7.07. The molecule has 2 rings (SSSR count). The number of hydrazine groups is 1. The van der Waals surface area contributed by atoms with E-state index in [2.05, 4.69) is 5.43 Å². The lowest BCUT2D eigenvalue weighted by Gasteiger charge is -2.35. The van der Waals surface area contributed by atoms with Crippen LogP contribution in [0.4, 0.5) is 4.79 Å². The van der Waals surface area contributed by atoms with Gasteiger partial charge in [-0.3, -0.25) is 9.61 Å². The molecule has 1 amide bonds. The Morgan fingerprint density at radius 3 is 2.32 bits per heavy atom. The second-order valence-electron chi connectivity index (χ2n) is 8.47. The highest BCUT2D eigenvalue weighted by molar-refractivity contribution is 7.86. The molecule has 0 spiro atoms. The van der Waals surface area contributed by atoms with E-state index in [1.54, 1.807) is 24.3 Å². The monoisotopic (exact) mass is 412 g/mol. The van der Waals surface area contributed by atoms with Crippen molar-refractivity contribution in [1.82, 2.24) is 10.4 Å². The van der Waals surface area contributed by atoms with Crippen LogP contribution in [0, 0.1) is 18.8 Å². The zero-order valence-electron chi connectivity index (χ0n) is 17.4. The summed E-state index contributed by atoms with van der Waals surface area (Å²) >= 11 is 0. The van der Waals surface area contributed by atoms with E-state index in [0.717, 1.165) is 18.4 Å². The molecule has 1 aromatic rings. The highest BCUT2D eigenvalue weighted by atomic mass is 32.2. The van der Waals surface area contributed by atoms with Crippen molar-refractivity contribution in [2.24, 2.45) is 11.8 Å². The molecule has 158 valence electrons. The van der Waals surface area contributed by atoms with E-state index in [9.17, 15) is 13.2 Å². The van der Waals surface area contributed by atoms with Gasteiger partial charge in [0, 0.05) is 13.1 Å². The van der Waals surface area contributed by atoms with Crippen LogP contribution in [-0.2, 0) is 19.0 Å². The van der Waals surface area contributed by atoms with Gasteiger partial charge in [-0.25, -0.2) is 9.80 Å². The van der Waals surface area contributed by atoms with Gasteiger partial charge >= 0.3 is 6.09 Å². The molecule has 7 nitrogen and oxygen atoms in total. The van der Waals surface area contributed by atoms with Crippen LogP contribution in [-0.4, -0.2) is 44.8 Å². The number of nitrogens with one attached hydrogen (secondary N) is 1. The molecule has 0 radical (unpaired) electrons. The van der Waals surface area contributed by atoms with Gasteiger partial charge in [-0.2, -0.15) is 8.42 Å². The van der Waals surface area contributed by atoms with Crippen LogP contribution in [0.3, 0.4) is 0 Å². The van der Waals surface area contributed by atoms with Gasteiger partial charge in [0.25, 0.3) is 10.1 Å². The first-order chi connectivity index (χ1) is 13.0. The Kier molecular flexibility index (Phi) is 7.47. The zero-order valence-corrected chi connectivity index (χ0v) is 18.2. The first-order valence-corrected chi connectivity index (χ1v) is 11.1. The van der Waals surface area contributed by atoms with Crippen LogP contribution in [0.5, 0.6) is 0 Å². The van der Waals surface area contributed by atoms with Gasteiger partial charge in [-0.05, 0) is 64.5 Å². The molecule has 1 atom stereocenters. The Hall–Kier alpha value is -1.64. The quantitative estimate of drug-likeness (QED) is 0.720. The molecule has 1 heterocycles. The highest BCUT2D eigenvalue weighted by Crippen LogP contribution is 2.26. The fraction of sp³-hybridized carbons (Fsp3) is 0.650. The number of ether oxygens (including phenoxy) is 1. The summed E-state index contributed by atoms with van der Waals surface area (Å²) in [5.41, 5.74) is 3.23. The van der Waals surface area contributed by atoms with E-state index >= 15 is 0 Å². The molecule has 1 aliphatic heterocycles. The minimum absolute atomic E-state index is 0.101. The summed E-state index contributed by atoms with van der Waals surface area (Å²) < 4.78 is 35.2. The van der Waals surface area contributed by atoms with Gasteiger partial charge in [0.05, 0.1) is 11.5 Å². The molecule has 0 saturated carbocycles. The van der Waals surface area contributed by atoms with E-state index < -0.39 is 21.8 Å². The summed E-state index contributed by atoms with van der Waals surface area (Å²) in [6.07, 6.45) is 1.25. The molecule has 1 aromatic carbocycles. The van der Waals surface area contributed by atoms with Gasteiger partial charge in [0.1, 0.15) is 5.60 Å². The summed E-state index contributed by atoms with van der Waals surface area (Å²) in [7, 11) is -3.74. The average Bonchev–Trinajstić information content (AvgIpc) is 2.59. The van der Waals surface area contributed by atoms with Gasteiger partial charge in [-0.15, -0.1) is 0 Å². The van der Waals surface area contributed by atoms with Crippen LogP contribution in [0.25, 0.3) is 0 Å². The maximum absolute atomic E-state index is 12.3.